The molecule has 1 aromatic heterocycles. The zero-order chi connectivity index (χ0) is 26.8. The van der Waals surface area contributed by atoms with Gasteiger partial charge in [-0.05, 0) is 54.8 Å². The second-order valence-electron chi connectivity index (χ2n) is 8.41. The third-order valence-corrected chi connectivity index (χ3v) is 5.73. The van der Waals surface area contributed by atoms with Crippen molar-refractivity contribution in [3.63, 3.8) is 0 Å². The molecule has 1 N–H and O–H groups in total. The quantitative estimate of drug-likeness (QED) is 0.301. The molecular formula is C28H29F3N2O4. The van der Waals surface area contributed by atoms with Gasteiger partial charge in [0, 0.05) is 23.9 Å². The van der Waals surface area contributed by atoms with E-state index in [0.29, 0.717) is 22.6 Å². The molecule has 0 aliphatic carbocycles. The summed E-state index contributed by atoms with van der Waals surface area (Å²) < 4.78 is 49.2. The van der Waals surface area contributed by atoms with Crippen LogP contribution in [0.5, 0.6) is 5.75 Å². The van der Waals surface area contributed by atoms with Gasteiger partial charge in [-0.15, -0.1) is 0 Å². The average Bonchev–Trinajstić information content (AvgIpc) is 2.91. The molecule has 0 saturated heterocycles. The fourth-order valence-electron chi connectivity index (χ4n) is 3.62. The fourth-order valence-corrected chi connectivity index (χ4v) is 3.62. The molecule has 1 heterocycles. The van der Waals surface area contributed by atoms with Gasteiger partial charge in [0.15, 0.2) is 0 Å². The van der Waals surface area contributed by atoms with Crippen LogP contribution in [-0.4, -0.2) is 30.5 Å². The van der Waals surface area contributed by atoms with E-state index in [4.69, 9.17) is 4.74 Å². The topological polar surface area (TPSA) is 77.5 Å². The smallest absolute Gasteiger partial charge is 0.417 e. The largest absolute Gasteiger partial charge is 0.486 e. The maximum atomic E-state index is 12.8. The van der Waals surface area contributed by atoms with Crippen LogP contribution in [-0.2, 0) is 15.7 Å². The number of methoxy groups -OCH3 is 1. The van der Waals surface area contributed by atoms with E-state index in [-0.39, 0.29) is 25.0 Å². The van der Waals surface area contributed by atoms with Crippen molar-refractivity contribution in [2.75, 3.05) is 13.7 Å². The van der Waals surface area contributed by atoms with Gasteiger partial charge in [0.25, 0.3) is 5.91 Å². The summed E-state index contributed by atoms with van der Waals surface area (Å²) in [6.45, 7) is 2.27. The number of esters is 1. The number of rotatable bonds is 11. The minimum atomic E-state index is -4.42. The Balaban J connectivity index is 1.67. The summed E-state index contributed by atoms with van der Waals surface area (Å²) in [7, 11) is 1.29. The van der Waals surface area contributed by atoms with E-state index in [1.807, 2.05) is 24.3 Å². The molecular weight excluding hydrogens is 485 g/mol. The van der Waals surface area contributed by atoms with Gasteiger partial charge in [-0.25, -0.2) is 0 Å². The lowest BCUT2D eigenvalue weighted by atomic mass is 10.0. The number of ether oxygens (including phenoxy) is 2. The Morgan fingerprint density at radius 3 is 2.27 bits per heavy atom. The van der Waals surface area contributed by atoms with Crippen molar-refractivity contribution in [2.45, 2.75) is 44.9 Å². The van der Waals surface area contributed by atoms with Gasteiger partial charge in [-0.1, -0.05) is 37.6 Å². The maximum Gasteiger partial charge on any atom is 0.417 e. The molecule has 0 radical (unpaired) electrons. The first-order valence-corrected chi connectivity index (χ1v) is 12.0. The second kappa shape index (κ2) is 12.9. The predicted octanol–water partition coefficient (Wildman–Crippen LogP) is 6.37. The number of hydrogen-bond donors (Lipinski definition) is 1. The van der Waals surface area contributed by atoms with Crippen molar-refractivity contribution in [3.8, 4) is 17.0 Å². The molecule has 1 unspecified atom stereocenters. The van der Waals surface area contributed by atoms with Crippen molar-refractivity contribution in [1.29, 1.82) is 0 Å². The number of amides is 1. The average molecular weight is 515 g/mol. The van der Waals surface area contributed by atoms with Crippen LogP contribution >= 0.6 is 0 Å². The Labute approximate surface area is 213 Å². The van der Waals surface area contributed by atoms with Crippen LogP contribution < -0.4 is 10.1 Å². The van der Waals surface area contributed by atoms with Crippen LogP contribution in [0, 0.1) is 0 Å². The summed E-state index contributed by atoms with van der Waals surface area (Å²) >= 11 is 0. The Bertz CT molecular complexity index is 1160. The molecule has 196 valence electrons. The molecule has 3 aromatic rings. The summed E-state index contributed by atoms with van der Waals surface area (Å²) in [6, 6.07) is 16.5. The summed E-state index contributed by atoms with van der Waals surface area (Å²) in [5, 5.41) is 2.67. The van der Waals surface area contributed by atoms with E-state index in [1.165, 1.54) is 13.2 Å². The highest BCUT2D eigenvalue weighted by Crippen LogP contribution is 2.31. The first-order chi connectivity index (χ1) is 17.7. The van der Waals surface area contributed by atoms with Gasteiger partial charge >= 0.3 is 12.1 Å². The number of nitrogens with zero attached hydrogens (tertiary/aromatic N) is 1. The molecule has 9 heteroatoms. The predicted molar refractivity (Wildman–Crippen MR) is 133 cm³/mol. The Morgan fingerprint density at radius 1 is 1.00 bits per heavy atom. The number of benzene rings is 2. The van der Waals surface area contributed by atoms with Crippen LogP contribution in [0.1, 0.15) is 60.2 Å². The van der Waals surface area contributed by atoms with Gasteiger partial charge in [0.1, 0.15) is 11.9 Å². The van der Waals surface area contributed by atoms with E-state index in [0.717, 1.165) is 37.1 Å². The molecule has 0 spiro atoms. The summed E-state index contributed by atoms with van der Waals surface area (Å²) in [4.78, 5) is 27.4. The number of pyridine rings is 1. The van der Waals surface area contributed by atoms with E-state index in [9.17, 15) is 22.8 Å². The van der Waals surface area contributed by atoms with E-state index in [1.54, 1.807) is 24.3 Å². The first kappa shape index (κ1) is 27.7. The second-order valence-corrected chi connectivity index (χ2v) is 8.41. The molecule has 37 heavy (non-hydrogen) atoms. The molecule has 0 fully saturated rings. The molecule has 3 rings (SSSR count). The number of unbranched alkanes of at least 4 members (excludes halogenated alkanes) is 1. The van der Waals surface area contributed by atoms with E-state index < -0.39 is 17.7 Å². The summed E-state index contributed by atoms with van der Waals surface area (Å²) in [5.74, 6) is -0.100. The van der Waals surface area contributed by atoms with Crippen molar-refractivity contribution in [3.05, 3.63) is 83.6 Å². The highest BCUT2D eigenvalue weighted by Gasteiger charge is 2.30. The molecule has 0 aliphatic heterocycles. The molecule has 0 saturated carbocycles. The number of aromatic nitrogens is 1. The molecule has 1 amide bonds. The van der Waals surface area contributed by atoms with Crippen LogP contribution in [0.2, 0.25) is 0 Å². The number of carbonyl (C=O) groups is 2. The van der Waals surface area contributed by atoms with Crippen molar-refractivity contribution in [1.82, 2.24) is 10.3 Å². The summed E-state index contributed by atoms with van der Waals surface area (Å²) in [5.41, 5.74) is 1.73. The minimum absolute atomic E-state index is 0.0935. The zero-order valence-corrected chi connectivity index (χ0v) is 20.7. The highest BCUT2D eigenvalue weighted by atomic mass is 19.4. The SMILES string of the molecule is CCCCC(Oc1ccc(C(=O)NCCC(=O)OC)cc1)c1ccc(-c2ccc(C(F)(F)F)cn2)cc1. The van der Waals surface area contributed by atoms with Crippen LogP contribution in [0.25, 0.3) is 11.3 Å². The number of alkyl halides is 3. The van der Waals surface area contributed by atoms with E-state index in [2.05, 4.69) is 22.0 Å². The van der Waals surface area contributed by atoms with Crippen molar-refractivity contribution < 1.29 is 32.2 Å². The third kappa shape index (κ3) is 8.06. The van der Waals surface area contributed by atoms with E-state index >= 15 is 0 Å². The highest BCUT2D eigenvalue weighted by molar-refractivity contribution is 5.94. The summed E-state index contributed by atoms with van der Waals surface area (Å²) in [6.07, 6.45) is -1.05. The Hall–Kier alpha value is -3.88. The monoisotopic (exact) mass is 514 g/mol. The Morgan fingerprint density at radius 2 is 1.70 bits per heavy atom. The first-order valence-electron chi connectivity index (χ1n) is 12.0. The number of carbonyl (C=O) groups excluding carboxylic acids is 2. The lowest BCUT2D eigenvalue weighted by Crippen LogP contribution is -2.26. The lowest BCUT2D eigenvalue weighted by Gasteiger charge is -2.20. The van der Waals surface area contributed by atoms with Gasteiger partial charge < -0.3 is 14.8 Å². The van der Waals surface area contributed by atoms with Crippen LogP contribution in [0.15, 0.2) is 66.9 Å². The molecule has 2 aromatic carbocycles. The lowest BCUT2D eigenvalue weighted by molar-refractivity contribution is -0.140. The number of halogens is 3. The van der Waals surface area contributed by atoms with Crippen LogP contribution in [0.3, 0.4) is 0 Å². The van der Waals surface area contributed by atoms with Crippen molar-refractivity contribution >= 4 is 11.9 Å². The molecule has 0 aliphatic rings. The number of nitrogens with one attached hydrogen (secondary N) is 1. The zero-order valence-electron chi connectivity index (χ0n) is 20.7. The molecule has 0 bridgehead atoms. The standard InChI is InChI=1S/C28H29F3N2O4/c1-3-4-5-25(37-23-13-10-21(11-14-23)27(35)32-17-16-26(34)36-2)20-8-6-19(7-9-20)24-15-12-22(18-33-24)28(29,30)31/h6-15,18,25H,3-5,16-17H2,1-2H3,(H,32,35). The third-order valence-electron chi connectivity index (χ3n) is 5.73. The minimum Gasteiger partial charge on any atom is -0.486 e. The maximum absolute atomic E-state index is 12.8. The number of hydrogen-bond acceptors (Lipinski definition) is 5. The van der Waals surface area contributed by atoms with Gasteiger partial charge in [0.05, 0.1) is 24.8 Å². The fraction of sp³-hybridized carbons (Fsp3) is 0.321. The Kier molecular flexibility index (Phi) is 9.65. The molecule has 1 atom stereocenters. The molecule has 6 nitrogen and oxygen atoms in total. The van der Waals surface area contributed by atoms with Crippen molar-refractivity contribution in [2.24, 2.45) is 0 Å². The normalized spacial score (nSPS) is 12.0. The van der Waals surface area contributed by atoms with Gasteiger partial charge in [-0.3, -0.25) is 14.6 Å². The van der Waals surface area contributed by atoms with Gasteiger partial charge in [-0.2, -0.15) is 13.2 Å². The van der Waals surface area contributed by atoms with Crippen LogP contribution in [0.4, 0.5) is 13.2 Å². The van der Waals surface area contributed by atoms with Gasteiger partial charge in [0.2, 0.25) is 0 Å².